The first-order valence-electron chi connectivity index (χ1n) is 11.7. The zero-order chi connectivity index (χ0) is 25.0. The van der Waals surface area contributed by atoms with Gasteiger partial charge in [0.05, 0.1) is 12.1 Å². The second-order valence-electron chi connectivity index (χ2n) is 8.82. The highest BCUT2D eigenvalue weighted by Crippen LogP contribution is 2.59. The van der Waals surface area contributed by atoms with Crippen LogP contribution in [0.5, 0.6) is 5.75 Å². The zero-order valence-electron chi connectivity index (χ0n) is 19.4. The number of hydrogen-bond donors (Lipinski definition) is 1. The van der Waals surface area contributed by atoms with E-state index in [1.54, 1.807) is 6.21 Å². The third-order valence-electron chi connectivity index (χ3n) is 6.51. The van der Waals surface area contributed by atoms with Crippen molar-refractivity contribution in [1.29, 1.82) is 0 Å². The summed E-state index contributed by atoms with van der Waals surface area (Å²) < 4.78 is 5.82. The molecule has 0 unspecified atom stereocenters. The van der Waals surface area contributed by atoms with E-state index in [9.17, 15) is 4.79 Å². The molecular formula is C30H24Cl2N2O2. The molecule has 1 saturated carbocycles. The molecule has 0 saturated heterocycles. The minimum atomic E-state index is -0.424. The van der Waals surface area contributed by atoms with Gasteiger partial charge in [-0.2, -0.15) is 5.10 Å². The summed E-state index contributed by atoms with van der Waals surface area (Å²) in [4.78, 5) is 13.1. The Labute approximate surface area is 220 Å². The highest BCUT2D eigenvalue weighted by Gasteiger charge is 2.60. The summed E-state index contributed by atoms with van der Waals surface area (Å²) in [5, 5.41) is 5.52. The topological polar surface area (TPSA) is 50.7 Å². The molecule has 1 fully saturated rings. The fraction of sp³-hybridized carbons (Fsp3) is 0.133. The summed E-state index contributed by atoms with van der Waals surface area (Å²) in [7, 11) is 0. The largest absolute Gasteiger partial charge is 0.489 e. The molecule has 0 aliphatic heterocycles. The van der Waals surface area contributed by atoms with Crippen LogP contribution in [0.15, 0.2) is 108 Å². The third-order valence-corrected chi connectivity index (χ3v) is 7.02. The third kappa shape index (κ3) is 5.30. The molecule has 5 rings (SSSR count). The Balaban J connectivity index is 1.23. The number of hydrogen-bond acceptors (Lipinski definition) is 3. The van der Waals surface area contributed by atoms with Crippen LogP contribution in [0.25, 0.3) is 0 Å². The number of ether oxygens (including phenoxy) is 1. The number of rotatable bonds is 8. The van der Waals surface area contributed by atoms with Crippen molar-refractivity contribution in [1.82, 2.24) is 5.43 Å². The summed E-state index contributed by atoms with van der Waals surface area (Å²) in [6.07, 6.45) is 2.32. The van der Waals surface area contributed by atoms with Crippen LogP contribution in [0.3, 0.4) is 0 Å². The van der Waals surface area contributed by atoms with E-state index in [4.69, 9.17) is 27.9 Å². The number of halogens is 2. The van der Waals surface area contributed by atoms with Gasteiger partial charge in [-0.05, 0) is 77.2 Å². The maximum Gasteiger partial charge on any atom is 0.244 e. The first-order valence-corrected chi connectivity index (χ1v) is 12.4. The number of carbonyl (C=O) groups is 1. The molecule has 180 valence electrons. The van der Waals surface area contributed by atoms with Crippen LogP contribution in [0.1, 0.15) is 28.7 Å². The smallest absolute Gasteiger partial charge is 0.244 e. The van der Waals surface area contributed by atoms with Crippen LogP contribution in [-0.2, 0) is 16.8 Å². The number of amides is 1. The van der Waals surface area contributed by atoms with E-state index >= 15 is 0 Å². The van der Waals surface area contributed by atoms with Gasteiger partial charge < -0.3 is 4.74 Å². The quantitative estimate of drug-likeness (QED) is 0.202. The molecule has 0 aromatic heterocycles. The van der Waals surface area contributed by atoms with Crippen molar-refractivity contribution >= 4 is 35.3 Å². The fourth-order valence-electron chi connectivity index (χ4n) is 4.52. The van der Waals surface area contributed by atoms with Crippen LogP contribution in [0.2, 0.25) is 10.0 Å². The van der Waals surface area contributed by atoms with E-state index < -0.39 is 5.41 Å². The van der Waals surface area contributed by atoms with Crippen molar-refractivity contribution < 1.29 is 9.53 Å². The van der Waals surface area contributed by atoms with E-state index in [1.165, 1.54) is 0 Å². The number of nitrogens with one attached hydrogen (secondary N) is 1. The molecule has 4 aromatic carbocycles. The van der Waals surface area contributed by atoms with E-state index in [1.807, 2.05) is 103 Å². The van der Waals surface area contributed by atoms with Crippen LogP contribution in [-0.4, -0.2) is 12.1 Å². The van der Waals surface area contributed by atoms with Crippen LogP contribution >= 0.6 is 23.2 Å². The van der Waals surface area contributed by atoms with E-state index in [0.717, 1.165) is 28.0 Å². The Kier molecular flexibility index (Phi) is 7.08. The Morgan fingerprint density at radius 1 is 0.861 bits per heavy atom. The standard InChI is InChI=1S/C30H24Cl2N2O2/c31-25-12-8-23(9-13-25)30(24-10-14-26(32)15-11-24)18-28(30)29(35)34-33-19-21-6-16-27(17-7-21)36-20-22-4-2-1-3-5-22/h1-17,19,28H,18,20H2,(H,34,35)/b33-19-/t28-/m1/s1. The van der Waals surface area contributed by atoms with Crippen molar-refractivity contribution in [2.45, 2.75) is 18.4 Å². The average Bonchev–Trinajstić information content (AvgIpc) is 3.67. The molecule has 1 aliphatic carbocycles. The molecule has 6 heteroatoms. The summed E-state index contributed by atoms with van der Waals surface area (Å²) in [6, 6.07) is 32.9. The van der Waals surface area contributed by atoms with Crippen LogP contribution < -0.4 is 10.2 Å². The fourth-order valence-corrected chi connectivity index (χ4v) is 4.77. The number of carbonyl (C=O) groups excluding carboxylic acids is 1. The predicted octanol–water partition coefficient (Wildman–Crippen LogP) is 7.03. The van der Waals surface area contributed by atoms with Crippen molar-refractivity contribution in [2.24, 2.45) is 11.0 Å². The van der Waals surface area contributed by atoms with Gasteiger partial charge in [-0.1, -0.05) is 77.8 Å². The summed E-state index contributed by atoms with van der Waals surface area (Å²) in [5.74, 6) is 0.401. The lowest BCUT2D eigenvalue weighted by Gasteiger charge is -2.19. The molecular weight excluding hydrogens is 491 g/mol. The first kappa shape index (κ1) is 24.1. The van der Waals surface area contributed by atoms with Crippen molar-refractivity contribution in [3.63, 3.8) is 0 Å². The molecule has 1 atom stereocenters. The molecule has 4 nitrogen and oxygen atoms in total. The molecule has 1 N–H and O–H groups in total. The Morgan fingerprint density at radius 3 is 2.03 bits per heavy atom. The van der Waals surface area contributed by atoms with Gasteiger partial charge in [-0.25, -0.2) is 5.43 Å². The van der Waals surface area contributed by atoms with Crippen molar-refractivity contribution in [2.75, 3.05) is 0 Å². The molecule has 36 heavy (non-hydrogen) atoms. The van der Waals surface area contributed by atoms with E-state index in [2.05, 4.69) is 10.5 Å². The van der Waals surface area contributed by atoms with E-state index in [0.29, 0.717) is 23.1 Å². The van der Waals surface area contributed by atoms with Gasteiger partial charge in [0.25, 0.3) is 0 Å². The number of benzene rings is 4. The summed E-state index contributed by atoms with van der Waals surface area (Å²) >= 11 is 12.2. The highest BCUT2D eigenvalue weighted by molar-refractivity contribution is 6.30. The molecule has 0 bridgehead atoms. The molecule has 1 amide bonds. The van der Waals surface area contributed by atoms with Gasteiger partial charge in [0, 0.05) is 15.5 Å². The second-order valence-corrected chi connectivity index (χ2v) is 9.69. The van der Waals surface area contributed by atoms with Gasteiger partial charge in [0.2, 0.25) is 5.91 Å². The van der Waals surface area contributed by atoms with Crippen molar-refractivity contribution in [3.05, 3.63) is 135 Å². The Morgan fingerprint density at radius 2 is 1.44 bits per heavy atom. The van der Waals surface area contributed by atoms with Crippen LogP contribution in [0.4, 0.5) is 0 Å². The molecule has 0 heterocycles. The van der Waals surface area contributed by atoms with Gasteiger partial charge in [0.15, 0.2) is 0 Å². The minimum absolute atomic E-state index is 0.126. The average molecular weight is 515 g/mol. The lowest BCUT2D eigenvalue weighted by atomic mass is 9.85. The number of nitrogens with zero attached hydrogens (tertiary/aromatic N) is 1. The summed E-state index contributed by atoms with van der Waals surface area (Å²) in [5.41, 5.74) is 6.36. The molecule has 1 aliphatic rings. The molecule has 4 aromatic rings. The SMILES string of the molecule is O=C(N/N=C\c1ccc(OCc2ccccc2)cc1)[C@H]1CC1(c1ccc(Cl)cc1)c1ccc(Cl)cc1. The highest BCUT2D eigenvalue weighted by atomic mass is 35.5. The normalized spacial score (nSPS) is 16.0. The molecule has 0 spiro atoms. The summed E-state index contributed by atoms with van der Waals surface area (Å²) in [6.45, 7) is 0.509. The van der Waals surface area contributed by atoms with Crippen molar-refractivity contribution in [3.8, 4) is 5.75 Å². The Hall–Kier alpha value is -3.60. The molecule has 0 radical (unpaired) electrons. The monoisotopic (exact) mass is 514 g/mol. The van der Waals surface area contributed by atoms with Gasteiger partial charge in [-0.15, -0.1) is 0 Å². The minimum Gasteiger partial charge on any atom is -0.489 e. The maximum atomic E-state index is 13.1. The van der Waals surface area contributed by atoms with Gasteiger partial charge >= 0.3 is 0 Å². The number of hydrazone groups is 1. The first-order chi connectivity index (χ1) is 17.5. The van der Waals surface area contributed by atoms with Gasteiger partial charge in [-0.3, -0.25) is 4.79 Å². The van der Waals surface area contributed by atoms with Crippen LogP contribution in [0, 0.1) is 5.92 Å². The predicted molar refractivity (Wildman–Crippen MR) is 145 cm³/mol. The van der Waals surface area contributed by atoms with Gasteiger partial charge in [0.1, 0.15) is 12.4 Å². The maximum absolute atomic E-state index is 13.1. The van der Waals surface area contributed by atoms with E-state index in [-0.39, 0.29) is 11.8 Å². The second kappa shape index (κ2) is 10.6. The lowest BCUT2D eigenvalue weighted by Crippen LogP contribution is -2.25. The lowest BCUT2D eigenvalue weighted by molar-refractivity contribution is -0.122. The zero-order valence-corrected chi connectivity index (χ0v) is 20.9. The Bertz CT molecular complexity index is 1310.